The van der Waals surface area contributed by atoms with Gasteiger partial charge in [0.2, 0.25) is 0 Å². The Morgan fingerprint density at radius 1 is 1.24 bits per heavy atom. The average Bonchev–Trinajstić information content (AvgIpc) is 2.42. The lowest BCUT2D eigenvalue weighted by Gasteiger charge is -2.12. The Labute approximate surface area is 140 Å². The minimum Gasteiger partial charge on any atom is -0.495 e. The summed E-state index contributed by atoms with van der Waals surface area (Å²) in [7, 11) is -2.34. The molecule has 21 heavy (non-hydrogen) atoms. The monoisotopic (exact) mass is 434 g/mol. The molecule has 0 unspecified atom stereocenters. The molecule has 5 nitrogen and oxygen atoms in total. The van der Waals surface area contributed by atoms with Gasteiger partial charge in [-0.05, 0) is 52.7 Å². The summed E-state index contributed by atoms with van der Waals surface area (Å²) in [6.07, 6.45) is 1.44. The van der Waals surface area contributed by atoms with Gasteiger partial charge in [0.1, 0.15) is 15.2 Å². The van der Waals surface area contributed by atoms with E-state index in [-0.39, 0.29) is 10.6 Å². The molecule has 0 atom stereocenters. The predicted octanol–water partition coefficient (Wildman–Crippen LogP) is 3.72. The van der Waals surface area contributed by atoms with Gasteiger partial charge in [0.15, 0.2) is 0 Å². The van der Waals surface area contributed by atoms with Crippen LogP contribution in [0.5, 0.6) is 5.75 Å². The summed E-state index contributed by atoms with van der Waals surface area (Å²) in [4.78, 5) is 4.12. The van der Waals surface area contributed by atoms with Gasteiger partial charge in [0.25, 0.3) is 10.0 Å². The number of pyridine rings is 1. The molecule has 1 heterocycles. The predicted molar refractivity (Wildman–Crippen MR) is 88.2 cm³/mol. The normalized spacial score (nSPS) is 11.2. The van der Waals surface area contributed by atoms with Gasteiger partial charge in [0.05, 0.1) is 19.0 Å². The number of benzene rings is 1. The highest BCUT2D eigenvalue weighted by Crippen LogP contribution is 2.29. The second-order valence-electron chi connectivity index (χ2n) is 4.23. The maximum absolute atomic E-state index is 12.5. The van der Waals surface area contributed by atoms with Gasteiger partial charge in [-0.1, -0.05) is 15.9 Å². The topological polar surface area (TPSA) is 68.3 Å². The van der Waals surface area contributed by atoms with E-state index in [0.717, 1.165) is 5.56 Å². The molecular formula is C13H12Br2N2O3S. The van der Waals surface area contributed by atoms with Gasteiger partial charge in [0, 0.05) is 4.47 Å². The van der Waals surface area contributed by atoms with E-state index in [1.54, 1.807) is 18.2 Å². The Morgan fingerprint density at radius 3 is 2.57 bits per heavy atom. The van der Waals surface area contributed by atoms with E-state index in [2.05, 4.69) is 41.6 Å². The number of hydrogen-bond donors (Lipinski definition) is 1. The van der Waals surface area contributed by atoms with Crippen LogP contribution in [-0.4, -0.2) is 20.5 Å². The van der Waals surface area contributed by atoms with Crippen LogP contribution in [0, 0.1) is 6.92 Å². The molecule has 1 aromatic carbocycles. The molecule has 0 aliphatic carbocycles. The standard InChI is InChI=1S/C13H12Br2N2O3S/c1-8-5-10(7-16-13(8)15)17-21(18,19)12-6-9(14)3-4-11(12)20-2/h3-7,17H,1-2H3. The first kappa shape index (κ1) is 16.3. The van der Waals surface area contributed by atoms with Crippen LogP contribution in [0.4, 0.5) is 5.69 Å². The van der Waals surface area contributed by atoms with Gasteiger partial charge < -0.3 is 4.74 Å². The largest absolute Gasteiger partial charge is 0.495 e. The van der Waals surface area contributed by atoms with Crippen LogP contribution in [0.15, 0.2) is 44.4 Å². The number of methoxy groups -OCH3 is 1. The third kappa shape index (κ3) is 3.75. The Morgan fingerprint density at radius 2 is 1.95 bits per heavy atom. The Hall–Kier alpha value is -1.12. The zero-order valence-corrected chi connectivity index (χ0v) is 15.2. The maximum atomic E-state index is 12.5. The van der Waals surface area contributed by atoms with Crippen molar-refractivity contribution in [3.8, 4) is 5.75 Å². The molecule has 0 radical (unpaired) electrons. The molecule has 0 saturated heterocycles. The van der Waals surface area contributed by atoms with Gasteiger partial charge in [-0.3, -0.25) is 4.72 Å². The highest BCUT2D eigenvalue weighted by Gasteiger charge is 2.20. The van der Waals surface area contributed by atoms with E-state index in [0.29, 0.717) is 14.8 Å². The molecule has 0 bridgehead atoms. The van der Waals surface area contributed by atoms with Crippen LogP contribution in [-0.2, 0) is 10.0 Å². The Balaban J connectivity index is 2.42. The van der Waals surface area contributed by atoms with Gasteiger partial charge in [-0.2, -0.15) is 0 Å². The van der Waals surface area contributed by atoms with Crippen molar-refractivity contribution in [3.63, 3.8) is 0 Å². The van der Waals surface area contributed by atoms with E-state index in [1.165, 1.54) is 19.4 Å². The molecule has 0 spiro atoms. The summed E-state index contributed by atoms with van der Waals surface area (Å²) < 4.78 is 33.9. The van der Waals surface area contributed by atoms with Gasteiger partial charge in [-0.25, -0.2) is 13.4 Å². The molecule has 0 aliphatic rings. The number of ether oxygens (including phenoxy) is 1. The van der Waals surface area contributed by atoms with Crippen molar-refractivity contribution in [1.82, 2.24) is 4.98 Å². The third-order valence-corrected chi connectivity index (χ3v) is 5.41. The van der Waals surface area contributed by atoms with Crippen LogP contribution in [0.1, 0.15) is 5.56 Å². The first-order valence-corrected chi connectivity index (χ1v) is 8.89. The minimum absolute atomic E-state index is 0.0555. The van der Waals surface area contributed by atoms with Crippen molar-refractivity contribution >= 4 is 47.6 Å². The quantitative estimate of drug-likeness (QED) is 0.743. The van der Waals surface area contributed by atoms with Crippen LogP contribution in [0.2, 0.25) is 0 Å². The third-order valence-electron chi connectivity index (χ3n) is 2.68. The molecule has 0 aliphatic heterocycles. The van der Waals surface area contributed by atoms with Gasteiger partial charge in [-0.15, -0.1) is 0 Å². The van der Waals surface area contributed by atoms with E-state index in [1.807, 2.05) is 6.92 Å². The molecule has 2 rings (SSSR count). The molecule has 8 heteroatoms. The highest BCUT2D eigenvalue weighted by atomic mass is 79.9. The zero-order valence-electron chi connectivity index (χ0n) is 11.2. The Bertz CT molecular complexity index is 779. The zero-order chi connectivity index (χ0) is 15.6. The second kappa shape index (κ2) is 6.33. The van der Waals surface area contributed by atoms with Gasteiger partial charge >= 0.3 is 0 Å². The number of nitrogens with zero attached hydrogens (tertiary/aromatic N) is 1. The number of nitrogens with one attached hydrogen (secondary N) is 1. The number of anilines is 1. The SMILES string of the molecule is COc1ccc(Br)cc1S(=O)(=O)Nc1cnc(Br)c(C)c1. The van der Waals surface area contributed by atoms with E-state index in [9.17, 15) is 8.42 Å². The highest BCUT2D eigenvalue weighted by molar-refractivity contribution is 9.10. The fourth-order valence-electron chi connectivity index (χ4n) is 1.68. The Kier molecular flexibility index (Phi) is 4.90. The molecule has 0 fully saturated rings. The van der Waals surface area contributed by atoms with E-state index < -0.39 is 10.0 Å². The van der Waals surface area contributed by atoms with Crippen LogP contribution >= 0.6 is 31.9 Å². The first-order valence-electron chi connectivity index (χ1n) is 5.82. The second-order valence-corrected chi connectivity index (χ2v) is 7.55. The van der Waals surface area contributed by atoms with Crippen molar-refractivity contribution in [2.24, 2.45) is 0 Å². The molecule has 1 N–H and O–H groups in total. The maximum Gasteiger partial charge on any atom is 0.265 e. The van der Waals surface area contributed by atoms with E-state index >= 15 is 0 Å². The summed E-state index contributed by atoms with van der Waals surface area (Å²) in [5.74, 6) is 0.271. The number of sulfonamides is 1. The molecule has 0 amide bonds. The van der Waals surface area contributed by atoms with Crippen LogP contribution in [0.25, 0.3) is 0 Å². The summed E-state index contributed by atoms with van der Waals surface area (Å²) in [5, 5.41) is 0. The molecule has 1 aromatic heterocycles. The van der Waals surface area contributed by atoms with Crippen molar-refractivity contribution in [1.29, 1.82) is 0 Å². The fraction of sp³-hybridized carbons (Fsp3) is 0.154. The lowest BCUT2D eigenvalue weighted by Crippen LogP contribution is -2.14. The van der Waals surface area contributed by atoms with Crippen molar-refractivity contribution < 1.29 is 13.2 Å². The smallest absolute Gasteiger partial charge is 0.265 e. The molecule has 0 saturated carbocycles. The summed E-state index contributed by atoms with van der Waals surface area (Å²) in [6.45, 7) is 1.83. The van der Waals surface area contributed by atoms with Crippen molar-refractivity contribution in [3.05, 3.63) is 45.1 Å². The molecule has 2 aromatic rings. The molecule has 112 valence electrons. The fourth-order valence-corrected chi connectivity index (χ4v) is 3.64. The number of rotatable bonds is 4. The first-order chi connectivity index (χ1) is 9.83. The van der Waals surface area contributed by atoms with E-state index in [4.69, 9.17) is 4.74 Å². The summed E-state index contributed by atoms with van der Waals surface area (Å²) in [5.41, 5.74) is 1.22. The van der Waals surface area contributed by atoms with Crippen LogP contribution in [0.3, 0.4) is 0 Å². The number of aromatic nitrogens is 1. The number of aryl methyl sites for hydroxylation is 1. The number of halogens is 2. The summed E-state index contributed by atoms with van der Waals surface area (Å²) in [6, 6.07) is 6.48. The average molecular weight is 436 g/mol. The number of hydrogen-bond acceptors (Lipinski definition) is 4. The van der Waals surface area contributed by atoms with Crippen molar-refractivity contribution in [2.45, 2.75) is 11.8 Å². The summed E-state index contributed by atoms with van der Waals surface area (Å²) >= 11 is 6.53. The minimum atomic E-state index is -3.77. The van der Waals surface area contributed by atoms with Crippen LogP contribution < -0.4 is 9.46 Å². The van der Waals surface area contributed by atoms with Crippen molar-refractivity contribution in [2.75, 3.05) is 11.8 Å². The molecular weight excluding hydrogens is 424 g/mol. The lowest BCUT2D eigenvalue weighted by atomic mass is 10.3. The lowest BCUT2D eigenvalue weighted by molar-refractivity contribution is 0.403.